The highest BCUT2D eigenvalue weighted by molar-refractivity contribution is 7.99. The minimum Gasteiger partial charge on any atom is -0.332 e. The van der Waals surface area contributed by atoms with Gasteiger partial charge in [0.25, 0.3) is 11.7 Å². The molecule has 0 fully saturated rings. The number of amides is 2. The summed E-state index contributed by atoms with van der Waals surface area (Å²) in [4.78, 5) is 29.5. The van der Waals surface area contributed by atoms with Gasteiger partial charge in [-0.1, -0.05) is 17.7 Å². The van der Waals surface area contributed by atoms with Crippen molar-refractivity contribution in [3.63, 3.8) is 0 Å². The van der Waals surface area contributed by atoms with Crippen molar-refractivity contribution in [3.8, 4) is 0 Å². The third kappa shape index (κ3) is 5.53. The van der Waals surface area contributed by atoms with Crippen molar-refractivity contribution in [2.24, 2.45) is 0 Å². The number of benzene rings is 1. The van der Waals surface area contributed by atoms with Crippen LogP contribution in [0.1, 0.15) is 15.9 Å². The summed E-state index contributed by atoms with van der Waals surface area (Å²) in [7, 11) is 1.43. The molecule has 0 saturated carbocycles. The van der Waals surface area contributed by atoms with Gasteiger partial charge in [0, 0.05) is 18.9 Å². The average molecular weight is 365 g/mol. The van der Waals surface area contributed by atoms with Gasteiger partial charge in [-0.2, -0.15) is 8.78 Å². The Morgan fingerprint density at radius 2 is 1.92 bits per heavy atom. The van der Waals surface area contributed by atoms with E-state index in [1.54, 1.807) is 12.1 Å². The van der Waals surface area contributed by atoms with E-state index in [-0.39, 0.29) is 34.8 Å². The van der Waals surface area contributed by atoms with Crippen LogP contribution < -0.4 is 5.32 Å². The van der Waals surface area contributed by atoms with E-state index in [2.05, 4.69) is 10.3 Å². The lowest BCUT2D eigenvalue weighted by atomic mass is 10.2. The summed E-state index contributed by atoms with van der Waals surface area (Å²) in [6.45, 7) is 1.72. The summed E-state index contributed by atoms with van der Waals surface area (Å²) in [6, 6.07) is 10.1. The van der Waals surface area contributed by atoms with E-state index in [1.807, 2.05) is 19.1 Å². The Kier molecular flexibility index (Phi) is 6.46. The number of nitrogens with one attached hydrogen (secondary N) is 1. The van der Waals surface area contributed by atoms with Crippen molar-refractivity contribution in [3.05, 3.63) is 53.7 Å². The zero-order valence-corrected chi connectivity index (χ0v) is 14.5. The number of thioether (sulfide) groups is 1. The lowest BCUT2D eigenvalue weighted by molar-refractivity contribution is -0.116. The van der Waals surface area contributed by atoms with E-state index in [0.717, 1.165) is 10.5 Å². The number of likely N-dealkylation sites (N-methyl/N-ethyl adjacent to an activating group) is 1. The second-order valence-corrected chi connectivity index (χ2v) is 6.29. The Hall–Kier alpha value is -2.48. The number of pyridine rings is 1. The molecule has 8 heteroatoms. The van der Waals surface area contributed by atoms with Crippen molar-refractivity contribution in [1.29, 1.82) is 0 Å². The Labute approximate surface area is 148 Å². The Bertz CT molecular complexity index is 754. The smallest absolute Gasteiger partial charge is 0.290 e. The van der Waals surface area contributed by atoms with E-state index in [1.165, 1.54) is 25.4 Å². The molecule has 2 rings (SSSR count). The number of anilines is 1. The molecule has 132 valence electrons. The zero-order chi connectivity index (χ0) is 18.4. The molecule has 1 aromatic heterocycles. The predicted molar refractivity (Wildman–Crippen MR) is 92.9 cm³/mol. The van der Waals surface area contributed by atoms with E-state index in [4.69, 9.17) is 0 Å². The number of carbonyl (C=O) groups excluding carboxylic acids is 2. The fraction of sp³-hybridized carbons (Fsp3) is 0.235. The van der Waals surface area contributed by atoms with E-state index in [0.29, 0.717) is 5.69 Å². The zero-order valence-electron chi connectivity index (χ0n) is 13.7. The van der Waals surface area contributed by atoms with Crippen LogP contribution in [0.25, 0.3) is 0 Å². The molecular formula is C17H17F2N3O2S. The van der Waals surface area contributed by atoms with Gasteiger partial charge in [0.2, 0.25) is 5.91 Å². The fourth-order valence-corrected chi connectivity index (χ4v) is 2.63. The molecule has 5 nitrogen and oxygen atoms in total. The third-order valence-corrected chi connectivity index (χ3v) is 3.99. The van der Waals surface area contributed by atoms with Crippen LogP contribution in [0, 0.1) is 6.92 Å². The number of halogens is 2. The fourth-order valence-electron chi connectivity index (χ4n) is 2.06. The van der Waals surface area contributed by atoms with Crippen molar-refractivity contribution in [2.75, 3.05) is 18.9 Å². The van der Waals surface area contributed by atoms with Crippen LogP contribution in [-0.2, 0) is 4.79 Å². The molecule has 1 heterocycles. The number of aryl methyl sites for hydroxylation is 1. The van der Waals surface area contributed by atoms with Gasteiger partial charge in [0.1, 0.15) is 5.03 Å². The van der Waals surface area contributed by atoms with Crippen LogP contribution in [0.2, 0.25) is 0 Å². The first-order valence-corrected chi connectivity index (χ1v) is 8.26. The molecule has 1 N–H and O–H groups in total. The highest BCUT2D eigenvalue weighted by Crippen LogP contribution is 2.26. The van der Waals surface area contributed by atoms with Gasteiger partial charge in [-0.15, -0.1) is 0 Å². The first-order chi connectivity index (χ1) is 11.9. The second kappa shape index (κ2) is 8.57. The van der Waals surface area contributed by atoms with Crippen LogP contribution in [0.5, 0.6) is 0 Å². The lowest BCUT2D eigenvalue weighted by Gasteiger charge is -2.18. The minimum atomic E-state index is -2.68. The summed E-state index contributed by atoms with van der Waals surface area (Å²) >= 11 is 0.201. The van der Waals surface area contributed by atoms with Gasteiger partial charge in [0.05, 0.1) is 12.1 Å². The van der Waals surface area contributed by atoms with Crippen molar-refractivity contribution < 1.29 is 18.4 Å². The molecule has 0 saturated heterocycles. The summed E-state index contributed by atoms with van der Waals surface area (Å²) in [5.74, 6) is -3.61. The number of alkyl halides is 2. The molecule has 0 aliphatic carbocycles. The maximum atomic E-state index is 12.6. The van der Waals surface area contributed by atoms with Crippen LogP contribution in [0.4, 0.5) is 14.5 Å². The normalized spacial score (nSPS) is 10.6. The highest BCUT2D eigenvalue weighted by atomic mass is 32.2. The number of aromatic nitrogens is 1. The monoisotopic (exact) mass is 365 g/mol. The largest absolute Gasteiger partial charge is 0.332 e. The van der Waals surface area contributed by atoms with E-state index in [9.17, 15) is 18.4 Å². The maximum absolute atomic E-state index is 12.6. The molecule has 0 radical (unpaired) electrons. The number of hydrogen-bond donors (Lipinski definition) is 1. The minimum absolute atomic E-state index is 0.0402. The van der Waals surface area contributed by atoms with Gasteiger partial charge in [-0.05, 0) is 43.0 Å². The molecule has 1 aromatic carbocycles. The number of rotatable bonds is 6. The molecule has 0 bridgehead atoms. The first-order valence-electron chi connectivity index (χ1n) is 7.38. The molecule has 25 heavy (non-hydrogen) atoms. The predicted octanol–water partition coefficient (Wildman–Crippen LogP) is 3.42. The van der Waals surface area contributed by atoms with Gasteiger partial charge >= 0.3 is 0 Å². The van der Waals surface area contributed by atoms with Crippen LogP contribution >= 0.6 is 11.8 Å². The van der Waals surface area contributed by atoms with Crippen molar-refractivity contribution in [1.82, 2.24) is 9.88 Å². The standard InChI is InChI=1S/C17H17F2N3O2S/c1-11-5-7-12(8-6-11)21-14(23)10-22(2)16(24)13-4-3-9-20-15(13)25-17(18)19/h3-9,17H,10H2,1-2H3,(H,21,23). The van der Waals surface area contributed by atoms with Gasteiger partial charge in [0.15, 0.2) is 0 Å². The topological polar surface area (TPSA) is 62.3 Å². The van der Waals surface area contributed by atoms with E-state index >= 15 is 0 Å². The molecule has 0 unspecified atom stereocenters. The van der Waals surface area contributed by atoms with Gasteiger partial charge in [-0.25, -0.2) is 4.98 Å². The molecule has 0 aliphatic heterocycles. The summed E-state index contributed by atoms with van der Waals surface area (Å²) in [5.41, 5.74) is 1.72. The number of nitrogens with zero attached hydrogens (tertiary/aromatic N) is 2. The molecule has 2 aromatic rings. The van der Waals surface area contributed by atoms with Crippen molar-refractivity contribution in [2.45, 2.75) is 17.7 Å². The highest BCUT2D eigenvalue weighted by Gasteiger charge is 2.21. The molecule has 2 amide bonds. The first kappa shape index (κ1) is 18.9. The van der Waals surface area contributed by atoms with Crippen LogP contribution in [0.3, 0.4) is 0 Å². The summed E-state index contributed by atoms with van der Waals surface area (Å²) in [6.07, 6.45) is 1.34. The third-order valence-electron chi connectivity index (χ3n) is 3.27. The van der Waals surface area contributed by atoms with Gasteiger partial charge in [-0.3, -0.25) is 9.59 Å². The summed E-state index contributed by atoms with van der Waals surface area (Å²) < 4.78 is 25.2. The lowest BCUT2D eigenvalue weighted by Crippen LogP contribution is -2.35. The molecule has 0 spiro atoms. The molecular weight excluding hydrogens is 348 g/mol. The second-order valence-electron chi connectivity index (χ2n) is 5.31. The Morgan fingerprint density at radius 1 is 1.24 bits per heavy atom. The van der Waals surface area contributed by atoms with E-state index < -0.39 is 11.7 Å². The molecule has 0 atom stereocenters. The average Bonchev–Trinajstić information content (AvgIpc) is 2.56. The van der Waals surface area contributed by atoms with Crippen LogP contribution in [0.15, 0.2) is 47.6 Å². The Morgan fingerprint density at radius 3 is 2.56 bits per heavy atom. The van der Waals surface area contributed by atoms with Crippen LogP contribution in [-0.4, -0.2) is 41.0 Å². The maximum Gasteiger partial charge on any atom is 0.290 e. The SMILES string of the molecule is Cc1ccc(NC(=O)CN(C)C(=O)c2cccnc2SC(F)F)cc1. The van der Waals surface area contributed by atoms with Gasteiger partial charge < -0.3 is 10.2 Å². The summed E-state index contributed by atoms with van der Waals surface area (Å²) in [5, 5.41) is 2.62. The Balaban J connectivity index is 2.02. The quantitative estimate of drug-likeness (QED) is 0.797. The number of hydrogen-bond acceptors (Lipinski definition) is 4. The molecule has 0 aliphatic rings. The number of carbonyl (C=O) groups is 2. The van der Waals surface area contributed by atoms with Crippen molar-refractivity contribution >= 4 is 29.3 Å².